The molecule has 1 aliphatic rings. The van der Waals surface area contributed by atoms with Crippen LogP contribution in [0.3, 0.4) is 0 Å². The molecule has 5 aromatic carbocycles. The highest BCUT2D eigenvalue weighted by Gasteiger charge is 2.58. The summed E-state index contributed by atoms with van der Waals surface area (Å²) in [5, 5.41) is 4.98. The number of benzene rings is 5. The number of hydrogen-bond donors (Lipinski definition) is 0. The highest BCUT2D eigenvalue weighted by atomic mass is 15.1. The molecule has 0 fully saturated rings. The number of pyridine rings is 1. The van der Waals surface area contributed by atoms with E-state index < -0.39 is 0 Å². The van der Waals surface area contributed by atoms with Crippen LogP contribution in [0.4, 0.5) is 17.1 Å². The van der Waals surface area contributed by atoms with E-state index in [1.165, 1.54) is 55.4 Å². The second-order valence-electron chi connectivity index (χ2n) is 12.3. The van der Waals surface area contributed by atoms with Crippen LogP contribution in [0.25, 0.3) is 32.8 Å². The van der Waals surface area contributed by atoms with Crippen LogP contribution in [0.15, 0.2) is 128 Å². The van der Waals surface area contributed by atoms with Crippen LogP contribution < -0.4 is 9.47 Å². The lowest BCUT2D eigenvalue weighted by molar-refractivity contribution is -0.770. The average molecular weight is 562 g/mol. The predicted octanol–water partition coefficient (Wildman–Crippen LogP) is 11.0. The van der Waals surface area contributed by atoms with E-state index in [0.29, 0.717) is 0 Å². The summed E-state index contributed by atoms with van der Waals surface area (Å²) in [5.74, 6) is 0. The molecule has 2 atom stereocenters. The van der Waals surface area contributed by atoms with Crippen molar-refractivity contribution in [2.24, 2.45) is 0 Å². The Hall–Kier alpha value is -4.43. The van der Waals surface area contributed by atoms with E-state index in [1.54, 1.807) is 0 Å². The van der Waals surface area contributed by atoms with E-state index in [0.717, 1.165) is 25.7 Å². The number of anilines is 3. The fourth-order valence-corrected chi connectivity index (χ4v) is 8.20. The lowest BCUT2D eigenvalue weighted by Gasteiger charge is -2.48. The number of rotatable bonds is 7. The summed E-state index contributed by atoms with van der Waals surface area (Å²) in [5.41, 5.74) is 7.73. The van der Waals surface area contributed by atoms with Gasteiger partial charge in [0.2, 0.25) is 5.69 Å². The lowest BCUT2D eigenvalue weighted by Crippen LogP contribution is -2.69. The van der Waals surface area contributed by atoms with Gasteiger partial charge in [-0.2, -0.15) is 4.57 Å². The minimum Gasteiger partial charge on any atom is -0.309 e. The Bertz CT molecular complexity index is 1870. The van der Waals surface area contributed by atoms with Gasteiger partial charge in [-0.3, -0.25) is 0 Å². The first-order chi connectivity index (χ1) is 21.1. The second-order valence-corrected chi connectivity index (χ2v) is 12.3. The van der Waals surface area contributed by atoms with E-state index in [1.807, 2.05) is 0 Å². The summed E-state index contributed by atoms with van der Waals surface area (Å²) in [4.78, 5) is 2.48. The monoisotopic (exact) mass is 561 g/mol. The molecule has 7 rings (SSSR count). The van der Waals surface area contributed by atoms with Crippen molar-refractivity contribution < 1.29 is 4.57 Å². The molecule has 2 heterocycles. The van der Waals surface area contributed by atoms with Gasteiger partial charge in [0.25, 0.3) is 0 Å². The van der Waals surface area contributed by atoms with E-state index >= 15 is 0 Å². The number of nitrogens with zero attached hydrogens (tertiary/aromatic N) is 2. The lowest BCUT2D eigenvalue weighted by atomic mass is 9.58. The molecule has 6 aromatic rings. The molecule has 0 saturated heterocycles. The maximum atomic E-state index is 2.63. The summed E-state index contributed by atoms with van der Waals surface area (Å²) in [6.45, 7) is 9.61. The van der Waals surface area contributed by atoms with E-state index in [9.17, 15) is 0 Å². The van der Waals surface area contributed by atoms with Crippen molar-refractivity contribution in [1.29, 1.82) is 0 Å². The molecule has 0 bridgehead atoms. The van der Waals surface area contributed by atoms with Crippen LogP contribution in [0.2, 0.25) is 0 Å². The van der Waals surface area contributed by atoms with Gasteiger partial charge in [0.15, 0.2) is 11.7 Å². The van der Waals surface area contributed by atoms with Gasteiger partial charge in [-0.05, 0) is 66.4 Å². The summed E-state index contributed by atoms with van der Waals surface area (Å²) in [6.07, 6.45) is 6.85. The first-order valence-corrected chi connectivity index (χ1v) is 16.0. The summed E-state index contributed by atoms with van der Waals surface area (Å²) in [7, 11) is 0. The summed E-state index contributed by atoms with van der Waals surface area (Å²) in [6, 6.07) is 44.9. The molecule has 0 N–H and O–H groups in total. The minimum atomic E-state index is 0.00829. The van der Waals surface area contributed by atoms with Crippen molar-refractivity contribution in [3.63, 3.8) is 0 Å². The molecule has 1 aliphatic heterocycles. The Kier molecular flexibility index (Phi) is 6.81. The first-order valence-electron chi connectivity index (χ1n) is 16.0. The van der Waals surface area contributed by atoms with Gasteiger partial charge in [0, 0.05) is 41.4 Å². The largest absolute Gasteiger partial charge is 0.309 e. The van der Waals surface area contributed by atoms with Crippen LogP contribution >= 0.6 is 0 Å². The Morgan fingerprint density at radius 2 is 1.23 bits per heavy atom. The van der Waals surface area contributed by atoms with Gasteiger partial charge in [0.1, 0.15) is 0 Å². The van der Waals surface area contributed by atoms with Crippen LogP contribution in [0, 0.1) is 0 Å². The maximum Gasteiger partial charge on any atom is 0.213 e. The molecule has 0 aliphatic carbocycles. The normalized spacial score (nSPS) is 19.3. The third kappa shape index (κ3) is 4.03. The highest BCUT2D eigenvalue weighted by Crippen LogP contribution is 2.53. The van der Waals surface area contributed by atoms with Crippen molar-refractivity contribution in [2.45, 2.75) is 64.3 Å². The van der Waals surface area contributed by atoms with Crippen LogP contribution in [0.1, 0.15) is 58.9 Å². The summed E-state index contributed by atoms with van der Waals surface area (Å²) >= 11 is 0. The molecular weight excluding hydrogens is 520 g/mol. The molecule has 43 heavy (non-hydrogen) atoms. The molecule has 0 spiro atoms. The van der Waals surface area contributed by atoms with Gasteiger partial charge >= 0.3 is 0 Å². The molecule has 0 radical (unpaired) electrons. The Morgan fingerprint density at radius 3 is 1.84 bits per heavy atom. The van der Waals surface area contributed by atoms with E-state index in [2.05, 4.69) is 165 Å². The van der Waals surface area contributed by atoms with E-state index in [4.69, 9.17) is 0 Å². The molecule has 214 valence electrons. The average Bonchev–Trinajstić information content (AvgIpc) is 3.07. The van der Waals surface area contributed by atoms with Crippen molar-refractivity contribution in [1.82, 2.24) is 0 Å². The number of aromatic nitrogens is 1. The first kappa shape index (κ1) is 27.4. The van der Waals surface area contributed by atoms with Crippen LogP contribution in [0.5, 0.6) is 0 Å². The standard InChI is InChI=1S/C41H41N2/c1-5-27-41(7-3)40(4,6-2)36-26-25-32(29-35(36)37-22-12-13-28-42(37)41)43(38-23-14-18-30-16-8-10-20-33(30)38)39-24-15-19-31-17-9-11-21-34(31)39/h8-26,28-29H,5-7,27H2,1-4H3/q+1. The molecule has 0 saturated carbocycles. The smallest absolute Gasteiger partial charge is 0.213 e. The predicted molar refractivity (Wildman–Crippen MR) is 183 cm³/mol. The summed E-state index contributed by atoms with van der Waals surface area (Å²) < 4.78 is 2.63. The fraction of sp³-hybridized carbons (Fsp3) is 0.244. The molecule has 0 amide bonds. The van der Waals surface area contributed by atoms with E-state index in [-0.39, 0.29) is 11.0 Å². The quantitative estimate of drug-likeness (QED) is 0.176. The van der Waals surface area contributed by atoms with Gasteiger partial charge in [-0.15, -0.1) is 0 Å². The van der Waals surface area contributed by atoms with Gasteiger partial charge in [0.05, 0.1) is 22.4 Å². The molecule has 2 heteroatoms. The van der Waals surface area contributed by atoms with Crippen LogP contribution in [-0.2, 0) is 11.0 Å². The Balaban J connectivity index is 1.54. The zero-order valence-corrected chi connectivity index (χ0v) is 25.8. The van der Waals surface area contributed by atoms with Crippen LogP contribution in [-0.4, -0.2) is 0 Å². The molecule has 2 unspecified atom stereocenters. The van der Waals surface area contributed by atoms with Gasteiger partial charge in [-0.1, -0.05) is 99.6 Å². The molecule has 1 aromatic heterocycles. The number of hydrogen-bond acceptors (Lipinski definition) is 1. The van der Waals surface area contributed by atoms with Crippen molar-refractivity contribution in [2.75, 3.05) is 4.90 Å². The molecular formula is C41H41N2+. The SMILES string of the molecule is CCCC1(CC)[n+]2ccccc2-c2cc(N(c3cccc4ccccc34)c3cccc4ccccc34)ccc2C1(C)CC. The van der Waals surface area contributed by atoms with Crippen molar-refractivity contribution in [3.8, 4) is 11.3 Å². The second kappa shape index (κ2) is 10.7. The van der Waals surface area contributed by atoms with Gasteiger partial charge < -0.3 is 4.90 Å². The van der Waals surface area contributed by atoms with Gasteiger partial charge in [-0.25, -0.2) is 0 Å². The maximum absolute atomic E-state index is 2.63. The topological polar surface area (TPSA) is 7.12 Å². The Labute approximate surface area is 256 Å². The fourth-order valence-electron chi connectivity index (χ4n) is 8.20. The minimum absolute atomic E-state index is 0.00829. The number of fused-ring (bicyclic) bond motifs is 5. The third-order valence-corrected chi connectivity index (χ3v) is 10.5. The molecule has 2 nitrogen and oxygen atoms in total. The van der Waals surface area contributed by atoms with Crippen molar-refractivity contribution in [3.05, 3.63) is 133 Å². The zero-order chi connectivity index (χ0) is 29.6. The zero-order valence-electron chi connectivity index (χ0n) is 25.8. The third-order valence-electron chi connectivity index (χ3n) is 10.5. The highest BCUT2D eigenvalue weighted by molar-refractivity contribution is 6.05. The Morgan fingerprint density at radius 1 is 0.628 bits per heavy atom. The van der Waals surface area contributed by atoms with Crippen molar-refractivity contribution >= 4 is 38.6 Å².